The van der Waals surface area contributed by atoms with Crippen molar-refractivity contribution in [3.8, 4) is 11.5 Å². The first kappa shape index (κ1) is 79.7. The molecular formula is C70H86F7N13O11S3. The van der Waals surface area contributed by atoms with Gasteiger partial charge in [-0.25, -0.2) is 53.8 Å². The van der Waals surface area contributed by atoms with Crippen LogP contribution in [0.15, 0.2) is 101 Å². The molecule has 0 aromatic carbocycles. The molecule has 564 valence electrons. The van der Waals surface area contributed by atoms with Crippen LogP contribution in [0.5, 0.6) is 11.5 Å². The van der Waals surface area contributed by atoms with Crippen molar-refractivity contribution in [2.75, 3.05) is 25.4 Å². The van der Waals surface area contributed by atoms with Crippen molar-refractivity contribution in [2.24, 2.45) is 33.8 Å². The minimum absolute atomic E-state index is 0.0137. The van der Waals surface area contributed by atoms with Crippen molar-refractivity contribution in [3.05, 3.63) is 130 Å². The number of nitrogens with two attached hydrogens (primary N) is 2. The number of carbonyl (C=O) groups excluding carboxylic acids is 4. The molecule has 4 N–H and O–H groups in total. The number of ether oxygens (including phenoxy) is 4. The first-order valence-electron chi connectivity index (χ1n) is 33.3. The summed E-state index contributed by atoms with van der Waals surface area (Å²) in [6.07, 6.45) is 2.45. The number of fused-ring (bicyclic) bond motifs is 3. The van der Waals surface area contributed by atoms with Gasteiger partial charge in [0.25, 0.3) is 0 Å². The fraction of sp³-hybridized carbons (Fsp3) is 0.543. The molecule has 104 heavy (non-hydrogen) atoms. The molecule has 0 unspecified atom stereocenters. The highest BCUT2D eigenvalue weighted by molar-refractivity contribution is 7.97. The van der Waals surface area contributed by atoms with Crippen LogP contribution in [0.4, 0.5) is 36.6 Å². The van der Waals surface area contributed by atoms with Crippen molar-refractivity contribution in [3.63, 3.8) is 0 Å². The zero-order valence-electron chi connectivity index (χ0n) is 60.3. The molecule has 0 saturated heterocycles. The van der Waals surface area contributed by atoms with Gasteiger partial charge < -0.3 is 30.4 Å². The number of halogens is 7. The molecule has 6 aliphatic rings. The highest BCUT2D eigenvalue weighted by Gasteiger charge is 2.61. The normalized spacial score (nSPS) is 27.6. The average molecular weight is 1510 g/mol. The van der Waals surface area contributed by atoms with Gasteiger partial charge in [0.1, 0.15) is 102 Å². The maximum absolute atomic E-state index is 15.5. The SMILES string of the molecule is CC(C)(C)OC(=O)CC1=N[C@](C)(c2nc(CC(=O)c3ccc(OC(F)F)cn3)ccc2F)[C@H]2CCN=[S@@]2(=O)C1(C)C.CC(C)(C)OC(=O)CC1=N[C@](C)(c2nc(N)ccc2F)[C@H]2CCN=[S@@]2(=O)C1(C)C.CC1(C)C(N)=N[C@](C)(c2nc(CC(=O)c3ccc(OC(F)F)cn3)ccc2F)[C@H]2CCN=[S@]21=O. The van der Waals surface area contributed by atoms with E-state index in [0.29, 0.717) is 38.1 Å². The van der Waals surface area contributed by atoms with Gasteiger partial charge in [-0.05, 0) is 184 Å². The third kappa shape index (κ3) is 15.5. The zero-order valence-corrected chi connectivity index (χ0v) is 62.8. The molecule has 24 nitrogen and oxygen atoms in total. The van der Waals surface area contributed by atoms with Crippen LogP contribution in [0.25, 0.3) is 0 Å². The van der Waals surface area contributed by atoms with Crippen molar-refractivity contribution in [1.29, 1.82) is 0 Å². The highest BCUT2D eigenvalue weighted by atomic mass is 32.2. The molecular weight excluding hydrogens is 1430 g/mol. The Balaban J connectivity index is 0.000000184. The van der Waals surface area contributed by atoms with E-state index in [4.69, 9.17) is 30.9 Å². The van der Waals surface area contributed by atoms with E-state index in [1.54, 1.807) is 104 Å². The number of anilines is 1. The Kier molecular flexibility index (Phi) is 22.1. The number of ketones is 2. The number of esters is 2. The van der Waals surface area contributed by atoms with Crippen LogP contribution in [-0.2, 0) is 77.7 Å². The maximum Gasteiger partial charge on any atom is 0.387 e. The number of aromatic nitrogens is 5. The van der Waals surface area contributed by atoms with Gasteiger partial charge in [-0.2, -0.15) is 17.6 Å². The lowest BCUT2D eigenvalue weighted by molar-refractivity contribution is -0.154. The standard InChI is InChI=1S/C28H33F3N4O5S.C22H24F3N5O3S.C20H29FN4O3S/c1-26(2,3)40-23(37)14-21-27(4,5)41(38)22(11-12-33-41)28(6,35-21)24-18(29)9-7-16(34-24)13-20(36)19-10-8-17(15-32-19)39-25(30)31;1-21(2)19(26)30-22(3,17-8-9-28-34(17,21)32)18-14(23)6-4-12(29-18)10-16(31)15-7-5-13(11-27-15)33-20(24)25;1-18(2,3)28-16(26)11-13-19(4,5)29(27)14(9-10-23-29)20(6,25-13)17-12(21)7-8-15(22)24-17/h7-10,15,22,25H,11-14H2,1-6H3;4-7,11,17,20H,8-10H2,1-3H3,(H2,26,30);7-8,14H,9-11H2,1-6H3,(H2,22,24)/t22-,28+,41+;17-,22+,34+;14-,20+,29+/m111/s1. The number of nitrogen functional groups attached to an aromatic ring is 1. The Bertz CT molecular complexity index is 4730. The molecule has 0 spiro atoms. The van der Waals surface area contributed by atoms with Crippen LogP contribution in [0, 0.1) is 17.5 Å². The molecule has 0 amide bonds. The summed E-state index contributed by atoms with van der Waals surface area (Å²) in [5, 5.41) is -1.82. The predicted octanol–water partition coefficient (Wildman–Crippen LogP) is 11.5. The summed E-state index contributed by atoms with van der Waals surface area (Å²) in [5.74, 6) is -4.02. The molecule has 0 aliphatic carbocycles. The Morgan fingerprint density at radius 1 is 0.481 bits per heavy atom. The van der Waals surface area contributed by atoms with Crippen LogP contribution in [0.1, 0.15) is 185 Å². The van der Waals surface area contributed by atoms with E-state index in [0.717, 1.165) is 12.4 Å². The van der Waals surface area contributed by atoms with Crippen molar-refractivity contribution >= 4 is 75.8 Å². The van der Waals surface area contributed by atoms with Gasteiger partial charge >= 0.3 is 25.2 Å². The monoisotopic (exact) mass is 1510 g/mol. The van der Waals surface area contributed by atoms with Gasteiger partial charge in [-0.15, -0.1) is 0 Å². The first-order chi connectivity index (χ1) is 48.0. The van der Waals surface area contributed by atoms with Crippen LogP contribution in [0.3, 0.4) is 0 Å². The number of Topliss-reactive ketones (excluding diaryl/α,β-unsaturated/α-hetero) is 2. The molecule has 11 rings (SSSR count). The number of hydrogen-bond donors (Lipinski definition) is 2. The molecule has 0 saturated carbocycles. The number of alkyl halides is 4. The van der Waals surface area contributed by atoms with Crippen molar-refractivity contribution < 1.29 is 81.5 Å². The first-order valence-corrected chi connectivity index (χ1v) is 38.0. The number of amidine groups is 1. The number of aliphatic imine (C=N–C) groups is 3. The molecule has 9 atom stereocenters. The lowest BCUT2D eigenvalue weighted by Crippen LogP contribution is -2.58. The topological polar surface area (TPSA) is 347 Å². The molecule has 5 aromatic heterocycles. The summed E-state index contributed by atoms with van der Waals surface area (Å²) >= 11 is 0. The van der Waals surface area contributed by atoms with E-state index < -0.39 is 141 Å². The van der Waals surface area contributed by atoms with Gasteiger partial charge in [0.2, 0.25) is 0 Å². The van der Waals surface area contributed by atoms with E-state index in [1.165, 1.54) is 60.7 Å². The smallest absolute Gasteiger partial charge is 0.387 e. The Hall–Kier alpha value is -8.40. The van der Waals surface area contributed by atoms with Crippen LogP contribution in [0.2, 0.25) is 0 Å². The summed E-state index contributed by atoms with van der Waals surface area (Å²) in [5.41, 5.74) is 7.55. The Labute approximate surface area is 600 Å². The summed E-state index contributed by atoms with van der Waals surface area (Å²) in [7, 11) is -8.76. The van der Waals surface area contributed by atoms with E-state index >= 15 is 8.78 Å². The lowest BCUT2D eigenvalue weighted by Gasteiger charge is -2.45. The van der Waals surface area contributed by atoms with Crippen molar-refractivity contribution in [1.82, 2.24) is 24.9 Å². The highest BCUT2D eigenvalue weighted by Crippen LogP contribution is 2.52. The number of nitrogens with zero attached hydrogens (tertiary/aromatic N) is 11. The molecule has 11 heterocycles. The number of carbonyl (C=O) groups is 4. The Morgan fingerprint density at radius 2 is 0.817 bits per heavy atom. The second-order valence-electron chi connectivity index (χ2n) is 29.8. The minimum atomic E-state index is -3.04. The van der Waals surface area contributed by atoms with Gasteiger partial charge in [0, 0.05) is 42.4 Å². The Morgan fingerprint density at radius 3 is 1.15 bits per heavy atom. The zero-order chi connectivity index (χ0) is 77.1. The molecule has 0 bridgehead atoms. The fourth-order valence-corrected chi connectivity index (χ4v) is 23.4. The van der Waals surface area contributed by atoms with E-state index in [-0.39, 0.29) is 101 Å². The van der Waals surface area contributed by atoms with Crippen molar-refractivity contribution in [2.45, 2.75) is 220 Å². The van der Waals surface area contributed by atoms with Gasteiger partial charge in [-0.3, -0.25) is 44.1 Å². The predicted molar refractivity (Wildman–Crippen MR) is 378 cm³/mol. The van der Waals surface area contributed by atoms with Gasteiger partial charge in [0.15, 0.2) is 11.6 Å². The summed E-state index contributed by atoms with van der Waals surface area (Å²) in [4.78, 5) is 85.9. The molecule has 0 radical (unpaired) electrons. The largest absolute Gasteiger partial charge is 0.460 e. The molecule has 6 aliphatic heterocycles. The van der Waals surface area contributed by atoms with Crippen LogP contribution >= 0.6 is 0 Å². The summed E-state index contributed by atoms with van der Waals surface area (Å²) < 4.78 is 167. The molecule has 0 fully saturated rings. The van der Waals surface area contributed by atoms with Crippen LogP contribution in [-0.4, -0.2) is 152 Å². The second-order valence-corrected chi connectivity index (χ2v) is 38.7. The van der Waals surface area contributed by atoms with E-state index in [1.807, 2.05) is 0 Å². The average Bonchev–Trinajstić information content (AvgIpc) is 1.40. The van der Waals surface area contributed by atoms with Gasteiger partial charge in [0.05, 0.1) is 92.5 Å². The second kappa shape index (κ2) is 28.8. The third-order valence-electron chi connectivity index (χ3n) is 19.1. The number of hydrogen-bond acceptors (Lipinski definition) is 24. The summed E-state index contributed by atoms with van der Waals surface area (Å²) in [6.45, 7) is 21.0. The van der Waals surface area contributed by atoms with E-state index in [2.05, 4.69) is 52.5 Å². The molecule has 5 aromatic rings. The van der Waals surface area contributed by atoms with E-state index in [9.17, 15) is 53.8 Å². The quantitative estimate of drug-likeness (QED) is 0.0496. The maximum atomic E-state index is 15.5. The van der Waals surface area contributed by atoms with Crippen LogP contribution < -0.4 is 20.9 Å². The molecule has 34 heteroatoms. The minimum Gasteiger partial charge on any atom is -0.460 e. The number of pyridine rings is 5. The third-order valence-corrected chi connectivity index (χ3v) is 30.3. The lowest BCUT2D eigenvalue weighted by atomic mass is 9.88. The number of rotatable bonds is 17. The van der Waals surface area contributed by atoms with Gasteiger partial charge in [-0.1, -0.05) is 0 Å². The fourth-order valence-electron chi connectivity index (χ4n) is 13.7. The summed E-state index contributed by atoms with van der Waals surface area (Å²) in [6, 6.07) is 12.6.